The maximum atomic E-state index is 12.2. The van der Waals surface area contributed by atoms with Crippen molar-refractivity contribution in [2.45, 2.75) is 13.8 Å². The van der Waals surface area contributed by atoms with Crippen LogP contribution in [0.1, 0.15) is 16.7 Å². The van der Waals surface area contributed by atoms with Crippen molar-refractivity contribution in [2.75, 3.05) is 11.9 Å². The van der Waals surface area contributed by atoms with Gasteiger partial charge in [-0.05, 0) is 59.1 Å². The Labute approximate surface area is 157 Å². The van der Waals surface area contributed by atoms with E-state index in [1.807, 2.05) is 32.0 Å². The second-order valence-electron chi connectivity index (χ2n) is 5.13. The van der Waals surface area contributed by atoms with Crippen LogP contribution in [-0.2, 0) is 4.79 Å². The van der Waals surface area contributed by atoms with Gasteiger partial charge in [-0.2, -0.15) is 0 Å². The quantitative estimate of drug-likeness (QED) is 0.391. The standard InChI is InChI=1S/C17H16Br2N2O3/c1-10-4-3-5-15(11(10)2)21-16(22)9-24-17-12(8-20-23)6-13(18)7-14(17)19/h3-8,23H,9H2,1-2H3,(H,21,22)/b20-8+. The number of halogens is 2. The molecule has 1 amide bonds. The molecule has 5 nitrogen and oxygen atoms in total. The first-order valence-corrected chi connectivity index (χ1v) is 8.66. The molecule has 0 unspecified atom stereocenters. The van der Waals surface area contributed by atoms with Crippen LogP contribution in [0.5, 0.6) is 5.75 Å². The Morgan fingerprint density at radius 3 is 2.79 bits per heavy atom. The predicted molar refractivity (Wildman–Crippen MR) is 101 cm³/mol. The zero-order chi connectivity index (χ0) is 17.7. The molecular formula is C17H16Br2N2O3. The summed E-state index contributed by atoms with van der Waals surface area (Å²) in [6.45, 7) is 3.77. The Kier molecular flexibility index (Phi) is 6.39. The molecule has 0 aliphatic carbocycles. The Morgan fingerprint density at radius 2 is 2.08 bits per heavy atom. The van der Waals surface area contributed by atoms with Crippen LogP contribution in [0.2, 0.25) is 0 Å². The highest BCUT2D eigenvalue weighted by Crippen LogP contribution is 2.32. The summed E-state index contributed by atoms with van der Waals surface area (Å²) in [5, 5.41) is 14.6. The van der Waals surface area contributed by atoms with E-state index in [9.17, 15) is 4.79 Å². The van der Waals surface area contributed by atoms with Crippen LogP contribution in [0.15, 0.2) is 44.4 Å². The van der Waals surface area contributed by atoms with E-state index >= 15 is 0 Å². The summed E-state index contributed by atoms with van der Waals surface area (Å²) in [5.74, 6) is 0.150. The predicted octanol–water partition coefficient (Wildman–Crippen LogP) is 4.65. The minimum absolute atomic E-state index is 0.167. The highest BCUT2D eigenvalue weighted by molar-refractivity contribution is 9.11. The molecule has 2 aromatic rings. The lowest BCUT2D eigenvalue weighted by atomic mass is 10.1. The van der Waals surface area contributed by atoms with Gasteiger partial charge in [-0.1, -0.05) is 33.2 Å². The fraction of sp³-hybridized carbons (Fsp3) is 0.176. The van der Waals surface area contributed by atoms with Crippen LogP contribution in [-0.4, -0.2) is 23.9 Å². The molecule has 126 valence electrons. The lowest BCUT2D eigenvalue weighted by Crippen LogP contribution is -2.21. The van der Waals surface area contributed by atoms with E-state index in [2.05, 4.69) is 42.3 Å². The number of aryl methyl sites for hydroxylation is 1. The molecule has 0 atom stereocenters. The molecule has 2 rings (SSSR count). The zero-order valence-corrected chi connectivity index (χ0v) is 16.3. The van der Waals surface area contributed by atoms with Crippen molar-refractivity contribution in [3.8, 4) is 5.75 Å². The van der Waals surface area contributed by atoms with Gasteiger partial charge >= 0.3 is 0 Å². The third-order valence-electron chi connectivity index (χ3n) is 3.46. The van der Waals surface area contributed by atoms with E-state index in [1.165, 1.54) is 6.21 Å². The van der Waals surface area contributed by atoms with E-state index in [1.54, 1.807) is 12.1 Å². The molecule has 2 aromatic carbocycles. The summed E-state index contributed by atoms with van der Waals surface area (Å²) in [6.07, 6.45) is 1.24. The number of ether oxygens (including phenoxy) is 1. The number of carbonyl (C=O) groups is 1. The van der Waals surface area contributed by atoms with E-state index in [0.29, 0.717) is 15.8 Å². The topological polar surface area (TPSA) is 70.9 Å². The van der Waals surface area contributed by atoms with Gasteiger partial charge in [0.2, 0.25) is 0 Å². The van der Waals surface area contributed by atoms with Crippen molar-refractivity contribution < 1.29 is 14.7 Å². The number of nitrogens with one attached hydrogen (secondary N) is 1. The fourth-order valence-electron chi connectivity index (χ4n) is 2.10. The second kappa shape index (κ2) is 8.30. The summed E-state index contributed by atoms with van der Waals surface area (Å²) >= 11 is 6.72. The Hall–Kier alpha value is -1.86. The first-order valence-electron chi connectivity index (χ1n) is 7.07. The van der Waals surface area contributed by atoms with Crippen molar-refractivity contribution in [3.05, 3.63) is 56.0 Å². The monoisotopic (exact) mass is 454 g/mol. The van der Waals surface area contributed by atoms with Crippen molar-refractivity contribution >= 4 is 49.7 Å². The molecule has 0 aliphatic heterocycles. The van der Waals surface area contributed by atoms with Gasteiger partial charge in [0.15, 0.2) is 6.61 Å². The van der Waals surface area contributed by atoms with Gasteiger partial charge in [-0.25, -0.2) is 0 Å². The molecule has 0 aliphatic rings. The SMILES string of the molecule is Cc1cccc(NC(=O)COc2c(Br)cc(Br)cc2/C=N/O)c1C. The van der Waals surface area contributed by atoms with Crippen LogP contribution in [0.25, 0.3) is 0 Å². The Morgan fingerprint density at radius 1 is 1.33 bits per heavy atom. The lowest BCUT2D eigenvalue weighted by molar-refractivity contribution is -0.118. The largest absolute Gasteiger partial charge is 0.482 e. The molecule has 0 saturated carbocycles. The molecule has 2 N–H and O–H groups in total. The zero-order valence-electron chi connectivity index (χ0n) is 13.1. The number of benzene rings is 2. The molecule has 0 saturated heterocycles. The molecule has 0 aromatic heterocycles. The molecule has 0 bridgehead atoms. The van der Waals surface area contributed by atoms with E-state index < -0.39 is 0 Å². The van der Waals surface area contributed by atoms with Crippen molar-refractivity contribution in [3.63, 3.8) is 0 Å². The van der Waals surface area contributed by atoms with Crippen LogP contribution in [0.4, 0.5) is 5.69 Å². The number of hydrogen-bond acceptors (Lipinski definition) is 4. The number of hydrogen-bond donors (Lipinski definition) is 2. The number of anilines is 1. The normalized spacial score (nSPS) is 10.8. The number of nitrogens with zero attached hydrogens (tertiary/aromatic N) is 1. The molecule has 0 spiro atoms. The number of amides is 1. The molecular weight excluding hydrogens is 440 g/mol. The highest BCUT2D eigenvalue weighted by Gasteiger charge is 2.12. The van der Waals surface area contributed by atoms with Crippen LogP contribution >= 0.6 is 31.9 Å². The second-order valence-corrected chi connectivity index (χ2v) is 6.90. The number of carbonyl (C=O) groups excluding carboxylic acids is 1. The summed E-state index contributed by atoms with van der Waals surface area (Å²) in [4.78, 5) is 12.2. The summed E-state index contributed by atoms with van der Waals surface area (Å²) in [6, 6.07) is 9.23. The molecule has 0 radical (unpaired) electrons. The van der Waals surface area contributed by atoms with Crippen molar-refractivity contribution in [1.29, 1.82) is 0 Å². The maximum absolute atomic E-state index is 12.2. The third-order valence-corrected chi connectivity index (χ3v) is 4.51. The van der Waals surface area contributed by atoms with E-state index in [0.717, 1.165) is 21.3 Å². The Balaban J connectivity index is 2.11. The van der Waals surface area contributed by atoms with Gasteiger partial charge < -0.3 is 15.3 Å². The van der Waals surface area contributed by atoms with Crippen LogP contribution < -0.4 is 10.1 Å². The third kappa shape index (κ3) is 4.58. The minimum atomic E-state index is -0.273. The lowest BCUT2D eigenvalue weighted by Gasteiger charge is -2.13. The molecule has 24 heavy (non-hydrogen) atoms. The number of oxime groups is 1. The smallest absolute Gasteiger partial charge is 0.262 e. The van der Waals surface area contributed by atoms with Crippen molar-refractivity contribution in [2.24, 2.45) is 5.16 Å². The molecule has 0 heterocycles. The average Bonchev–Trinajstić information content (AvgIpc) is 2.51. The Bertz CT molecular complexity index is 792. The van der Waals surface area contributed by atoms with Gasteiger partial charge in [0.05, 0.1) is 10.7 Å². The van der Waals surface area contributed by atoms with E-state index in [-0.39, 0.29) is 12.5 Å². The van der Waals surface area contributed by atoms with Gasteiger partial charge in [-0.3, -0.25) is 4.79 Å². The van der Waals surface area contributed by atoms with Crippen LogP contribution in [0, 0.1) is 13.8 Å². The van der Waals surface area contributed by atoms with Crippen molar-refractivity contribution in [1.82, 2.24) is 0 Å². The van der Waals surface area contributed by atoms with Gasteiger partial charge in [0, 0.05) is 15.7 Å². The highest BCUT2D eigenvalue weighted by atomic mass is 79.9. The maximum Gasteiger partial charge on any atom is 0.262 e. The van der Waals surface area contributed by atoms with Gasteiger partial charge in [0.25, 0.3) is 5.91 Å². The minimum Gasteiger partial charge on any atom is -0.482 e. The summed E-state index contributed by atoms with van der Waals surface area (Å²) < 4.78 is 7.03. The van der Waals surface area contributed by atoms with E-state index in [4.69, 9.17) is 9.94 Å². The first-order chi connectivity index (χ1) is 11.4. The summed E-state index contributed by atoms with van der Waals surface area (Å²) in [7, 11) is 0. The molecule has 7 heteroatoms. The van der Waals surface area contributed by atoms with Crippen LogP contribution in [0.3, 0.4) is 0 Å². The summed E-state index contributed by atoms with van der Waals surface area (Å²) in [5.41, 5.74) is 3.42. The van der Waals surface area contributed by atoms with Gasteiger partial charge in [-0.15, -0.1) is 0 Å². The molecule has 0 fully saturated rings. The first kappa shape index (κ1) is 18.5. The van der Waals surface area contributed by atoms with Gasteiger partial charge in [0.1, 0.15) is 5.75 Å². The average molecular weight is 456 g/mol. The fourth-order valence-corrected chi connectivity index (χ4v) is 3.47. The number of rotatable bonds is 5.